The zero-order chi connectivity index (χ0) is 20.5. The van der Waals surface area contributed by atoms with Crippen LogP contribution < -0.4 is 10.1 Å². The van der Waals surface area contributed by atoms with Crippen LogP contribution in [0, 0.1) is 10.1 Å². The molecule has 2 rings (SSSR count). The summed E-state index contributed by atoms with van der Waals surface area (Å²) in [5.74, 6) is -1.37. The summed E-state index contributed by atoms with van der Waals surface area (Å²) >= 11 is 1.11. The summed E-state index contributed by atoms with van der Waals surface area (Å²) in [5, 5.41) is 13.0. The zero-order valence-electron chi connectivity index (χ0n) is 14.2. The zero-order valence-corrected chi connectivity index (χ0v) is 15.0. The van der Waals surface area contributed by atoms with E-state index in [2.05, 4.69) is 10.1 Å². The first-order chi connectivity index (χ1) is 13.3. The number of esters is 1. The number of hydrogen-bond donors (Lipinski definition) is 1. The topological polar surface area (TPSA) is 108 Å². The van der Waals surface area contributed by atoms with E-state index in [-0.39, 0.29) is 17.2 Å². The number of nitro benzene ring substituents is 1. The number of halogens is 2. The van der Waals surface area contributed by atoms with E-state index in [1.54, 1.807) is 0 Å². The van der Waals surface area contributed by atoms with Gasteiger partial charge in [-0.3, -0.25) is 19.7 Å². The monoisotopic (exact) mass is 412 g/mol. The van der Waals surface area contributed by atoms with Gasteiger partial charge >= 0.3 is 12.6 Å². The molecule has 0 aliphatic carbocycles. The van der Waals surface area contributed by atoms with E-state index >= 15 is 0 Å². The second kappa shape index (κ2) is 10.2. The second-order valence-corrected chi connectivity index (χ2v) is 6.20. The molecular weight excluding hydrogens is 398 g/mol. The highest BCUT2D eigenvalue weighted by Crippen LogP contribution is 2.21. The molecule has 0 aliphatic heterocycles. The number of hydrogen-bond acceptors (Lipinski definition) is 7. The van der Waals surface area contributed by atoms with Gasteiger partial charge in [0, 0.05) is 22.7 Å². The highest BCUT2D eigenvalue weighted by atomic mass is 32.2. The van der Waals surface area contributed by atoms with Crippen molar-refractivity contribution in [2.24, 2.45) is 0 Å². The van der Waals surface area contributed by atoms with Crippen molar-refractivity contribution in [2.45, 2.75) is 11.5 Å². The highest BCUT2D eigenvalue weighted by Gasteiger charge is 2.10. The summed E-state index contributed by atoms with van der Waals surface area (Å²) in [6, 6.07) is 10.9. The Morgan fingerprint density at radius 1 is 1.11 bits per heavy atom. The Balaban J connectivity index is 1.71. The van der Waals surface area contributed by atoms with Crippen LogP contribution in [0.4, 0.5) is 20.2 Å². The third-order valence-electron chi connectivity index (χ3n) is 3.13. The smallest absolute Gasteiger partial charge is 0.387 e. The second-order valence-electron chi connectivity index (χ2n) is 5.15. The molecule has 0 spiro atoms. The number of ether oxygens (including phenoxy) is 2. The predicted molar refractivity (Wildman–Crippen MR) is 96.5 cm³/mol. The van der Waals surface area contributed by atoms with Gasteiger partial charge in [0.25, 0.3) is 11.6 Å². The van der Waals surface area contributed by atoms with Crippen molar-refractivity contribution in [3.05, 3.63) is 58.6 Å². The largest absolute Gasteiger partial charge is 0.455 e. The third kappa shape index (κ3) is 7.19. The average molecular weight is 412 g/mol. The standard InChI is InChI=1S/C17H14F2N2O6S/c18-17(19)27-13-5-1-11(2-6-13)20-15(22)9-26-16(23)10-28-14-7-3-12(4-8-14)21(24)25/h1-8,17H,9-10H2,(H,20,22). The van der Waals surface area contributed by atoms with E-state index in [0.717, 1.165) is 11.8 Å². The van der Waals surface area contributed by atoms with Crippen LogP contribution in [0.3, 0.4) is 0 Å². The molecule has 2 aromatic rings. The first-order valence-corrected chi connectivity index (χ1v) is 8.69. The predicted octanol–water partition coefficient (Wildman–Crippen LogP) is 3.47. The Kier molecular flexibility index (Phi) is 7.69. The van der Waals surface area contributed by atoms with Gasteiger partial charge in [0.2, 0.25) is 0 Å². The van der Waals surface area contributed by atoms with Crippen LogP contribution in [0.5, 0.6) is 5.75 Å². The number of nitrogens with one attached hydrogen (secondary N) is 1. The van der Waals surface area contributed by atoms with Gasteiger partial charge in [0.15, 0.2) is 6.61 Å². The van der Waals surface area contributed by atoms with Gasteiger partial charge in [0.1, 0.15) is 5.75 Å². The maximum absolute atomic E-state index is 12.1. The molecule has 0 aliphatic rings. The summed E-state index contributed by atoms with van der Waals surface area (Å²) in [4.78, 5) is 34.1. The Hall–Kier alpha value is -3.21. The van der Waals surface area contributed by atoms with Crippen LogP contribution in [0.25, 0.3) is 0 Å². The van der Waals surface area contributed by atoms with Gasteiger partial charge in [-0.05, 0) is 36.4 Å². The van der Waals surface area contributed by atoms with Crippen molar-refractivity contribution in [1.82, 2.24) is 0 Å². The minimum atomic E-state index is -2.94. The minimum absolute atomic E-state index is 0.0531. The van der Waals surface area contributed by atoms with Crippen molar-refractivity contribution in [2.75, 3.05) is 17.7 Å². The van der Waals surface area contributed by atoms with Gasteiger partial charge in [-0.15, -0.1) is 11.8 Å². The number of alkyl halides is 2. The number of carbonyl (C=O) groups excluding carboxylic acids is 2. The molecule has 148 valence electrons. The molecule has 0 atom stereocenters. The molecule has 1 N–H and O–H groups in total. The number of nitrogens with zero attached hydrogens (tertiary/aromatic N) is 1. The van der Waals surface area contributed by atoms with Crippen LogP contribution in [-0.4, -0.2) is 35.8 Å². The SMILES string of the molecule is O=C(COC(=O)CSc1ccc([N+](=O)[O-])cc1)Nc1ccc(OC(F)F)cc1. The van der Waals surface area contributed by atoms with Crippen LogP contribution in [-0.2, 0) is 14.3 Å². The fraction of sp³-hybridized carbons (Fsp3) is 0.176. The lowest BCUT2D eigenvalue weighted by Crippen LogP contribution is -2.21. The van der Waals surface area contributed by atoms with Gasteiger partial charge in [-0.2, -0.15) is 8.78 Å². The van der Waals surface area contributed by atoms with E-state index in [4.69, 9.17) is 4.74 Å². The number of amides is 1. The van der Waals surface area contributed by atoms with Gasteiger partial charge < -0.3 is 14.8 Å². The number of non-ortho nitro benzene ring substituents is 1. The molecule has 0 aromatic heterocycles. The Bertz CT molecular complexity index is 831. The normalized spacial score (nSPS) is 10.4. The molecule has 0 bridgehead atoms. The molecule has 11 heteroatoms. The Morgan fingerprint density at radius 2 is 1.75 bits per heavy atom. The van der Waals surface area contributed by atoms with Gasteiger partial charge in [-0.25, -0.2) is 0 Å². The van der Waals surface area contributed by atoms with E-state index in [9.17, 15) is 28.5 Å². The van der Waals surface area contributed by atoms with E-state index < -0.39 is 30.0 Å². The summed E-state index contributed by atoms with van der Waals surface area (Å²) in [6.45, 7) is -3.46. The highest BCUT2D eigenvalue weighted by molar-refractivity contribution is 8.00. The van der Waals surface area contributed by atoms with Crippen molar-refractivity contribution in [3.8, 4) is 5.75 Å². The lowest BCUT2D eigenvalue weighted by Gasteiger charge is -2.08. The molecule has 0 saturated heterocycles. The van der Waals surface area contributed by atoms with Crippen molar-refractivity contribution in [1.29, 1.82) is 0 Å². The first kappa shape index (κ1) is 21.1. The molecule has 1 amide bonds. The summed E-state index contributed by atoms with van der Waals surface area (Å²) in [5.41, 5.74) is 0.264. The molecular formula is C17H14F2N2O6S. The Morgan fingerprint density at radius 3 is 2.32 bits per heavy atom. The maximum Gasteiger partial charge on any atom is 0.387 e. The fourth-order valence-electron chi connectivity index (χ4n) is 1.91. The molecule has 0 fully saturated rings. The summed E-state index contributed by atoms with van der Waals surface area (Å²) < 4.78 is 33.1. The van der Waals surface area contributed by atoms with E-state index in [1.165, 1.54) is 48.5 Å². The quantitative estimate of drug-likeness (QED) is 0.291. The minimum Gasteiger partial charge on any atom is -0.455 e. The summed E-state index contributed by atoms with van der Waals surface area (Å²) in [7, 11) is 0. The van der Waals surface area contributed by atoms with Crippen LogP contribution in [0.1, 0.15) is 0 Å². The number of benzene rings is 2. The first-order valence-electron chi connectivity index (χ1n) is 7.71. The fourth-order valence-corrected chi connectivity index (χ4v) is 2.61. The van der Waals surface area contributed by atoms with Gasteiger partial charge in [0.05, 0.1) is 10.7 Å². The third-order valence-corrected chi connectivity index (χ3v) is 4.12. The maximum atomic E-state index is 12.1. The molecule has 0 saturated carbocycles. The van der Waals surface area contributed by atoms with Crippen molar-refractivity contribution >= 4 is 35.0 Å². The van der Waals surface area contributed by atoms with Crippen LogP contribution in [0.15, 0.2) is 53.4 Å². The summed E-state index contributed by atoms with van der Waals surface area (Å²) in [6.07, 6.45) is 0. The van der Waals surface area contributed by atoms with Crippen molar-refractivity contribution < 1.29 is 32.8 Å². The molecule has 0 unspecified atom stereocenters. The van der Waals surface area contributed by atoms with Crippen LogP contribution in [0.2, 0.25) is 0 Å². The molecule has 0 radical (unpaired) electrons. The average Bonchev–Trinajstić information content (AvgIpc) is 2.66. The van der Waals surface area contributed by atoms with Crippen molar-refractivity contribution in [3.63, 3.8) is 0 Å². The number of thioether (sulfide) groups is 1. The molecule has 8 nitrogen and oxygen atoms in total. The van der Waals surface area contributed by atoms with Gasteiger partial charge in [-0.1, -0.05) is 0 Å². The van der Waals surface area contributed by atoms with E-state index in [1.807, 2.05) is 0 Å². The molecule has 0 heterocycles. The Labute approximate surface area is 162 Å². The van der Waals surface area contributed by atoms with E-state index in [0.29, 0.717) is 10.6 Å². The number of anilines is 1. The lowest BCUT2D eigenvalue weighted by molar-refractivity contribution is -0.384. The lowest BCUT2D eigenvalue weighted by atomic mass is 10.3. The number of carbonyl (C=O) groups is 2. The van der Waals surface area contributed by atoms with Crippen LogP contribution >= 0.6 is 11.8 Å². The number of rotatable bonds is 9. The number of nitro groups is 1. The molecule has 28 heavy (non-hydrogen) atoms. The molecule has 2 aromatic carbocycles.